The minimum atomic E-state index is -0.297. The van der Waals surface area contributed by atoms with Crippen LogP contribution < -0.4 is 5.32 Å². The average Bonchev–Trinajstić information content (AvgIpc) is 3.09. The second-order valence-corrected chi connectivity index (χ2v) is 7.39. The molecule has 0 saturated carbocycles. The van der Waals surface area contributed by atoms with Gasteiger partial charge < -0.3 is 10.1 Å². The Morgan fingerprint density at radius 2 is 2.26 bits per heavy atom. The zero-order chi connectivity index (χ0) is 19.1. The Balaban J connectivity index is 1.73. The Kier molecular flexibility index (Phi) is 6.66. The van der Waals surface area contributed by atoms with E-state index in [-0.39, 0.29) is 11.7 Å². The van der Waals surface area contributed by atoms with E-state index in [1.165, 1.54) is 10.4 Å². The van der Waals surface area contributed by atoms with E-state index in [1.54, 1.807) is 23.1 Å². The third kappa shape index (κ3) is 4.77. The number of tetrazole rings is 1. The number of methoxy groups -OCH3 is 1. The first-order valence-corrected chi connectivity index (χ1v) is 10.0. The highest BCUT2D eigenvalue weighted by Gasteiger charge is 2.39. The molecule has 9 heteroatoms. The second kappa shape index (κ2) is 9.17. The Morgan fingerprint density at radius 3 is 2.96 bits per heavy atom. The van der Waals surface area contributed by atoms with Gasteiger partial charge in [-0.05, 0) is 33.9 Å². The number of hydrogen-bond donors (Lipinski definition) is 1. The van der Waals surface area contributed by atoms with Crippen molar-refractivity contribution in [3.63, 3.8) is 0 Å². The van der Waals surface area contributed by atoms with Gasteiger partial charge in [0, 0.05) is 37.8 Å². The highest BCUT2D eigenvalue weighted by Crippen LogP contribution is 2.36. The fourth-order valence-electron chi connectivity index (χ4n) is 3.03. The van der Waals surface area contributed by atoms with Gasteiger partial charge in [-0.15, -0.1) is 28.8 Å². The molecule has 0 bridgehead atoms. The highest BCUT2D eigenvalue weighted by molar-refractivity contribution is 7.10. The molecule has 0 saturated heterocycles. The van der Waals surface area contributed by atoms with E-state index in [4.69, 9.17) is 11.2 Å². The van der Waals surface area contributed by atoms with E-state index < -0.39 is 0 Å². The number of nitrogens with zero attached hydrogens (tertiary/aromatic N) is 6. The first-order chi connectivity index (χ1) is 13.2. The Hall–Kier alpha value is -2.15. The lowest BCUT2D eigenvalue weighted by Gasteiger charge is -2.19. The first-order valence-electron chi connectivity index (χ1n) is 9.15. The van der Waals surface area contributed by atoms with Gasteiger partial charge in [-0.1, -0.05) is 6.92 Å². The van der Waals surface area contributed by atoms with Crippen LogP contribution in [0, 0.1) is 12.3 Å². The molecule has 1 aliphatic heterocycles. The van der Waals surface area contributed by atoms with Crippen LogP contribution in [0.3, 0.4) is 0 Å². The van der Waals surface area contributed by atoms with Gasteiger partial charge in [-0.3, -0.25) is 0 Å². The van der Waals surface area contributed by atoms with E-state index in [9.17, 15) is 0 Å². The summed E-state index contributed by atoms with van der Waals surface area (Å²) in [5.74, 6) is 3.47. The summed E-state index contributed by atoms with van der Waals surface area (Å²) in [6.45, 7) is 4.08. The summed E-state index contributed by atoms with van der Waals surface area (Å²) in [4.78, 5) is 1.24. The number of hydrogen-bond acceptors (Lipinski definition) is 8. The summed E-state index contributed by atoms with van der Waals surface area (Å²) >= 11 is 1.72. The van der Waals surface area contributed by atoms with Gasteiger partial charge in [-0.2, -0.15) is 10.2 Å². The lowest BCUT2D eigenvalue weighted by molar-refractivity contribution is 0.181. The summed E-state index contributed by atoms with van der Waals surface area (Å²) in [6.07, 6.45) is 8.65. The minimum absolute atomic E-state index is 0.0739. The van der Waals surface area contributed by atoms with Gasteiger partial charge in [0.2, 0.25) is 0 Å². The number of nitrogens with one attached hydrogen (secondary N) is 1. The fourth-order valence-corrected chi connectivity index (χ4v) is 4.10. The van der Waals surface area contributed by atoms with Crippen LogP contribution in [0.2, 0.25) is 0 Å². The topological polar surface area (TPSA) is 89.6 Å². The maximum absolute atomic E-state index is 5.37. The number of rotatable bonds is 12. The van der Waals surface area contributed by atoms with E-state index >= 15 is 0 Å². The molecular formula is C18H25N7OS. The van der Waals surface area contributed by atoms with E-state index in [0.717, 1.165) is 31.6 Å². The molecule has 2 aromatic rings. The van der Waals surface area contributed by atoms with Crippen molar-refractivity contribution in [3.05, 3.63) is 27.7 Å². The van der Waals surface area contributed by atoms with E-state index in [0.29, 0.717) is 19.6 Å². The van der Waals surface area contributed by atoms with Gasteiger partial charge in [-0.25, -0.2) is 4.68 Å². The van der Waals surface area contributed by atoms with Gasteiger partial charge in [0.25, 0.3) is 0 Å². The lowest BCUT2D eigenvalue weighted by Crippen LogP contribution is -2.30. The molecular weight excluding hydrogens is 362 g/mol. The number of terminal acetylenes is 1. The van der Waals surface area contributed by atoms with Crippen LogP contribution in [0.15, 0.2) is 21.7 Å². The number of aromatic nitrogens is 4. The number of aryl methyl sites for hydroxylation is 1. The van der Waals surface area contributed by atoms with Crippen molar-refractivity contribution in [2.75, 3.05) is 20.3 Å². The van der Waals surface area contributed by atoms with Crippen molar-refractivity contribution in [3.8, 4) is 12.3 Å². The normalized spacial score (nSPS) is 15.6. The van der Waals surface area contributed by atoms with Gasteiger partial charge in [0.1, 0.15) is 6.04 Å². The second-order valence-electron chi connectivity index (χ2n) is 6.44. The predicted octanol–water partition coefficient (Wildman–Crippen LogP) is 2.59. The van der Waals surface area contributed by atoms with Gasteiger partial charge in [0.15, 0.2) is 11.5 Å². The highest BCUT2D eigenvalue weighted by atomic mass is 32.1. The quantitative estimate of drug-likeness (QED) is 0.566. The molecule has 0 amide bonds. The van der Waals surface area contributed by atoms with Crippen molar-refractivity contribution in [2.24, 2.45) is 10.2 Å². The molecule has 0 aromatic carbocycles. The maximum Gasteiger partial charge on any atom is 0.193 e. The van der Waals surface area contributed by atoms with Gasteiger partial charge >= 0.3 is 0 Å². The molecule has 8 nitrogen and oxygen atoms in total. The van der Waals surface area contributed by atoms with E-state index in [2.05, 4.69) is 55.4 Å². The van der Waals surface area contributed by atoms with Gasteiger partial charge in [0.05, 0.1) is 13.2 Å². The molecule has 0 aliphatic carbocycles. The largest absolute Gasteiger partial charge is 0.383 e. The Bertz CT molecular complexity index is 801. The molecule has 1 N–H and O–H groups in total. The van der Waals surface area contributed by atoms with E-state index in [1.807, 2.05) is 0 Å². The molecule has 0 fully saturated rings. The molecule has 0 spiro atoms. The lowest BCUT2D eigenvalue weighted by atomic mass is 10.0. The summed E-state index contributed by atoms with van der Waals surface area (Å²) in [5.41, 5.74) is 1.01. The fraction of sp³-hybridized carbons (Fsp3) is 0.611. The number of thiophene rings is 1. The molecule has 0 radical (unpaired) electrons. The summed E-state index contributed by atoms with van der Waals surface area (Å²) in [5, 5.41) is 26.5. The molecule has 27 heavy (non-hydrogen) atoms. The number of ether oxygens (including phenoxy) is 1. The van der Waals surface area contributed by atoms with Crippen LogP contribution in [-0.2, 0) is 17.7 Å². The third-order valence-corrected chi connectivity index (χ3v) is 5.70. The summed E-state index contributed by atoms with van der Waals surface area (Å²) < 4.78 is 6.99. The van der Waals surface area contributed by atoms with Crippen LogP contribution in [0.1, 0.15) is 48.5 Å². The average molecular weight is 388 g/mol. The minimum Gasteiger partial charge on any atom is -0.383 e. The monoisotopic (exact) mass is 387 g/mol. The van der Waals surface area contributed by atoms with Crippen LogP contribution in [0.25, 0.3) is 0 Å². The predicted molar refractivity (Wildman–Crippen MR) is 104 cm³/mol. The van der Waals surface area contributed by atoms with Crippen LogP contribution in [0.4, 0.5) is 0 Å². The van der Waals surface area contributed by atoms with Crippen molar-refractivity contribution < 1.29 is 4.74 Å². The SMILES string of the molecule is C#CCCC1(CCNC(c2sccc2CC)c2nnnn2CCOC)N=N1. The van der Waals surface area contributed by atoms with Crippen molar-refractivity contribution in [1.82, 2.24) is 25.5 Å². The molecule has 3 rings (SSSR count). The van der Waals surface area contributed by atoms with Crippen LogP contribution in [0.5, 0.6) is 0 Å². The maximum atomic E-state index is 5.37. The molecule has 3 heterocycles. The zero-order valence-electron chi connectivity index (χ0n) is 15.8. The summed E-state index contributed by atoms with van der Waals surface area (Å²) in [7, 11) is 1.67. The third-order valence-electron chi connectivity index (χ3n) is 4.68. The summed E-state index contributed by atoms with van der Waals surface area (Å²) in [6, 6.07) is 2.09. The van der Waals surface area contributed by atoms with Crippen molar-refractivity contribution in [2.45, 2.75) is 50.9 Å². The molecule has 1 aliphatic rings. The van der Waals surface area contributed by atoms with Crippen molar-refractivity contribution >= 4 is 11.3 Å². The molecule has 2 aromatic heterocycles. The molecule has 1 unspecified atom stereocenters. The standard InChI is InChI=1S/C18H25N7OS/c1-4-6-8-18(21-22-18)9-10-19-15(16-14(5-2)7-13-27-16)17-20-23-24-25(17)11-12-26-3/h1,7,13,15,19H,5-6,8-12H2,2-3H3. The van der Waals surface area contributed by atoms with Crippen molar-refractivity contribution in [1.29, 1.82) is 0 Å². The molecule has 144 valence electrons. The first kappa shape index (κ1) is 19.6. The zero-order valence-corrected chi connectivity index (χ0v) is 16.6. The van der Waals surface area contributed by atoms with Crippen LogP contribution in [-0.4, -0.2) is 46.1 Å². The smallest absolute Gasteiger partial charge is 0.193 e. The Labute approximate surface area is 163 Å². The van der Waals surface area contributed by atoms with Crippen LogP contribution >= 0.6 is 11.3 Å². The molecule has 1 atom stereocenters. The Morgan fingerprint density at radius 1 is 1.41 bits per heavy atom.